The standard InChI is InChI=1S/C13H17N3O3/c1-4-8(17)16-12-11(19)10-7(6-14-12)15-9(18)5-13(10,2)3/h4-6H2,1-3H3,(H,15,18)(H,14,16,17). The van der Waals surface area contributed by atoms with Crippen LogP contribution >= 0.6 is 0 Å². The largest absolute Gasteiger partial charge is 0.327 e. The fourth-order valence-corrected chi connectivity index (χ4v) is 2.40. The number of nitrogens with one attached hydrogen (secondary N) is 2. The molecule has 0 saturated heterocycles. The topological polar surface area (TPSA) is 87.6 Å². The number of carbonyl (C=O) groups is 3. The molecule has 6 heteroatoms. The van der Waals surface area contributed by atoms with Crippen LogP contribution in [-0.4, -0.2) is 30.0 Å². The molecule has 0 saturated carbocycles. The SMILES string of the molecule is CCC(=O)NC1=NCC2=C(C1=O)C(C)(C)CC(=O)N2. The quantitative estimate of drug-likeness (QED) is 0.713. The Labute approximate surface area is 111 Å². The van der Waals surface area contributed by atoms with Gasteiger partial charge in [-0.05, 0) is 0 Å². The maximum Gasteiger partial charge on any atom is 0.226 e. The van der Waals surface area contributed by atoms with E-state index in [0.717, 1.165) is 0 Å². The van der Waals surface area contributed by atoms with Gasteiger partial charge in [0, 0.05) is 29.5 Å². The average molecular weight is 263 g/mol. The Kier molecular flexibility index (Phi) is 3.26. The van der Waals surface area contributed by atoms with E-state index >= 15 is 0 Å². The van der Waals surface area contributed by atoms with Crippen LogP contribution in [0.4, 0.5) is 0 Å². The molecule has 0 radical (unpaired) electrons. The molecule has 2 rings (SSSR count). The van der Waals surface area contributed by atoms with Gasteiger partial charge in [0.25, 0.3) is 0 Å². The van der Waals surface area contributed by atoms with Crippen LogP contribution in [0, 0.1) is 5.41 Å². The lowest BCUT2D eigenvalue weighted by atomic mass is 9.74. The van der Waals surface area contributed by atoms with E-state index in [4.69, 9.17) is 0 Å². The summed E-state index contributed by atoms with van der Waals surface area (Å²) in [6.07, 6.45) is 0.547. The number of Topliss-reactive ketones (excluding diaryl/α,β-unsaturated/α-hetero) is 1. The predicted octanol–water partition coefficient (Wildman–Crippen LogP) is 0.294. The molecule has 102 valence electrons. The number of hydrogen-bond acceptors (Lipinski definition) is 4. The first-order valence-corrected chi connectivity index (χ1v) is 6.27. The zero-order valence-electron chi connectivity index (χ0n) is 11.3. The normalized spacial score (nSPS) is 21.5. The Bertz CT molecular complexity index is 529. The smallest absolute Gasteiger partial charge is 0.226 e. The van der Waals surface area contributed by atoms with Gasteiger partial charge in [-0.2, -0.15) is 0 Å². The number of amidine groups is 1. The third kappa shape index (κ3) is 2.43. The minimum absolute atomic E-state index is 0.0785. The van der Waals surface area contributed by atoms with Gasteiger partial charge in [0.1, 0.15) is 0 Å². The summed E-state index contributed by atoms with van der Waals surface area (Å²) in [5.74, 6) is -0.565. The fourth-order valence-electron chi connectivity index (χ4n) is 2.40. The van der Waals surface area contributed by atoms with E-state index in [0.29, 0.717) is 17.7 Å². The van der Waals surface area contributed by atoms with Crippen molar-refractivity contribution >= 4 is 23.4 Å². The predicted molar refractivity (Wildman–Crippen MR) is 69.3 cm³/mol. The van der Waals surface area contributed by atoms with Gasteiger partial charge in [0.15, 0.2) is 5.84 Å². The van der Waals surface area contributed by atoms with Crippen LogP contribution in [0.2, 0.25) is 0 Å². The van der Waals surface area contributed by atoms with Crippen LogP contribution in [0.15, 0.2) is 16.3 Å². The molecule has 0 aliphatic carbocycles. The third-order valence-electron chi connectivity index (χ3n) is 3.29. The number of dihydropyridines is 1. The summed E-state index contributed by atoms with van der Waals surface area (Å²) in [5, 5.41) is 5.21. The van der Waals surface area contributed by atoms with Crippen LogP contribution in [-0.2, 0) is 14.4 Å². The summed E-state index contributed by atoms with van der Waals surface area (Å²) < 4.78 is 0. The Balaban J connectivity index is 2.31. The van der Waals surface area contributed by atoms with Crippen LogP contribution in [0.25, 0.3) is 0 Å². The molecular weight excluding hydrogens is 246 g/mol. The van der Waals surface area contributed by atoms with E-state index in [9.17, 15) is 14.4 Å². The molecule has 2 heterocycles. The van der Waals surface area contributed by atoms with E-state index in [-0.39, 0.29) is 36.4 Å². The Hall–Kier alpha value is -1.98. The molecule has 2 aliphatic rings. The highest BCUT2D eigenvalue weighted by molar-refractivity contribution is 6.48. The first-order valence-electron chi connectivity index (χ1n) is 6.27. The second-order valence-corrected chi connectivity index (χ2v) is 5.36. The van der Waals surface area contributed by atoms with E-state index in [1.54, 1.807) is 6.92 Å². The van der Waals surface area contributed by atoms with Gasteiger partial charge in [-0.1, -0.05) is 20.8 Å². The summed E-state index contributed by atoms with van der Waals surface area (Å²) in [5.41, 5.74) is 0.571. The van der Waals surface area contributed by atoms with Gasteiger partial charge in [-0.15, -0.1) is 0 Å². The molecule has 0 spiro atoms. The van der Waals surface area contributed by atoms with Crippen molar-refractivity contribution in [2.24, 2.45) is 10.4 Å². The second kappa shape index (κ2) is 4.60. The number of amides is 2. The molecule has 0 aromatic rings. The average Bonchev–Trinajstić information content (AvgIpc) is 2.30. The Morgan fingerprint density at radius 2 is 2.11 bits per heavy atom. The Morgan fingerprint density at radius 3 is 2.74 bits per heavy atom. The molecule has 2 aliphatic heterocycles. The maximum absolute atomic E-state index is 12.4. The number of nitrogens with zero attached hydrogens (tertiary/aromatic N) is 1. The van der Waals surface area contributed by atoms with E-state index in [2.05, 4.69) is 15.6 Å². The molecule has 0 aromatic heterocycles. The molecule has 0 fully saturated rings. The number of hydrogen-bond donors (Lipinski definition) is 2. The van der Waals surface area contributed by atoms with Crippen molar-refractivity contribution in [3.05, 3.63) is 11.3 Å². The fraction of sp³-hybridized carbons (Fsp3) is 0.538. The van der Waals surface area contributed by atoms with Crippen molar-refractivity contribution in [3.8, 4) is 0 Å². The number of carbonyl (C=O) groups excluding carboxylic acids is 3. The minimum atomic E-state index is -0.535. The Morgan fingerprint density at radius 1 is 1.42 bits per heavy atom. The number of rotatable bonds is 1. The lowest BCUT2D eigenvalue weighted by Gasteiger charge is -2.35. The molecule has 19 heavy (non-hydrogen) atoms. The number of ketones is 1. The van der Waals surface area contributed by atoms with Crippen LogP contribution in [0.1, 0.15) is 33.6 Å². The van der Waals surface area contributed by atoms with Gasteiger partial charge >= 0.3 is 0 Å². The van der Waals surface area contributed by atoms with E-state index < -0.39 is 5.41 Å². The van der Waals surface area contributed by atoms with Gasteiger partial charge < -0.3 is 10.6 Å². The minimum Gasteiger partial charge on any atom is -0.327 e. The monoisotopic (exact) mass is 263 g/mol. The molecule has 0 bridgehead atoms. The van der Waals surface area contributed by atoms with Gasteiger partial charge in [0.2, 0.25) is 17.6 Å². The van der Waals surface area contributed by atoms with Crippen molar-refractivity contribution in [2.75, 3.05) is 6.54 Å². The first-order chi connectivity index (χ1) is 8.85. The molecule has 0 unspecified atom stereocenters. The van der Waals surface area contributed by atoms with Crippen molar-refractivity contribution in [2.45, 2.75) is 33.6 Å². The van der Waals surface area contributed by atoms with Gasteiger partial charge in [-0.25, -0.2) is 0 Å². The van der Waals surface area contributed by atoms with Gasteiger partial charge in [0.05, 0.1) is 6.54 Å². The lowest BCUT2D eigenvalue weighted by Crippen LogP contribution is -2.48. The number of aliphatic imine (C=N–C) groups is 1. The van der Waals surface area contributed by atoms with E-state index in [1.165, 1.54) is 0 Å². The maximum atomic E-state index is 12.4. The van der Waals surface area contributed by atoms with E-state index in [1.807, 2.05) is 13.8 Å². The zero-order chi connectivity index (χ0) is 14.2. The zero-order valence-corrected chi connectivity index (χ0v) is 11.3. The van der Waals surface area contributed by atoms with Crippen molar-refractivity contribution < 1.29 is 14.4 Å². The summed E-state index contributed by atoms with van der Waals surface area (Å²) in [6, 6.07) is 0. The van der Waals surface area contributed by atoms with Crippen LogP contribution in [0.3, 0.4) is 0 Å². The van der Waals surface area contributed by atoms with Crippen molar-refractivity contribution in [1.29, 1.82) is 0 Å². The highest BCUT2D eigenvalue weighted by atomic mass is 16.2. The molecule has 0 atom stereocenters. The highest BCUT2D eigenvalue weighted by Gasteiger charge is 2.41. The first kappa shape index (κ1) is 13.5. The molecule has 2 amide bonds. The summed E-state index contributed by atoms with van der Waals surface area (Å²) in [4.78, 5) is 39.4. The van der Waals surface area contributed by atoms with Crippen molar-refractivity contribution in [1.82, 2.24) is 10.6 Å². The van der Waals surface area contributed by atoms with Crippen molar-refractivity contribution in [3.63, 3.8) is 0 Å². The second-order valence-electron chi connectivity index (χ2n) is 5.36. The third-order valence-corrected chi connectivity index (χ3v) is 3.29. The van der Waals surface area contributed by atoms with Crippen LogP contribution in [0.5, 0.6) is 0 Å². The van der Waals surface area contributed by atoms with Crippen LogP contribution < -0.4 is 10.6 Å². The molecule has 0 aromatic carbocycles. The molecule has 2 N–H and O–H groups in total. The highest BCUT2D eigenvalue weighted by Crippen LogP contribution is 2.37. The molecular formula is C13H17N3O3. The lowest BCUT2D eigenvalue weighted by molar-refractivity contribution is -0.123. The summed E-state index contributed by atoms with van der Waals surface area (Å²) >= 11 is 0. The summed E-state index contributed by atoms with van der Waals surface area (Å²) in [6.45, 7) is 5.63. The molecule has 6 nitrogen and oxygen atoms in total. The summed E-state index contributed by atoms with van der Waals surface area (Å²) in [7, 11) is 0. The van der Waals surface area contributed by atoms with Gasteiger partial charge in [-0.3, -0.25) is 19.4 Å².